The van der Waals surface area contributed by atoms with Crippen molar-refractivity contribution in [1.82, 2.24) is 34.1 Å². The van der Waals surface area contributed by atoms with Gasteiger partial charge in [-0.15, -0.1) is 5.10 Å². The van der Waals surface area contributed by atoms with Gasteiger partial charge < -0.3 is 9.13 Å². The predicted molar refractivity (Wildman–Crippen MR) is 95.3 cm³/mol. The Labute approximate surface area is 143 Å². The molecule has 0 aliphatic heterocycles. The van der Waals surface area contributed by atoms with E-state index in [-0.39, 0.29) is 0 Å². The molecular weight excluding hydrogens is 314 g/mol. The van der Waals surface area contributed by atoms with Crippen LogP contribution < -0.4 is 0 Å². The van der Waals surface area contributed by atoms with Gasteiger partial charge in [-0.05, 0) is 24.3 Å². The lowest BCUT2D eigenvalue weighted by atomic mass is 10.3. The first-order valence-electron chi connectivity index (χ1n) is 7.98. The Morgan fingerprint density at radius 3 is 2.08 bits per heavy atom. The van der Waals surface area contributed by atoms with Crippen molar-refractivity contribution in [2.45, 2.75) is 0 Å². The monoisotopic (exact) mass is 329 g/mol. The van der Waals surface area contributed by atoms with Gasteiger partial charge in [-0.2, -0.15) is 4.68 Å². The highest BCUT2D eigenvalue weighted by atomic mass is 15.5. The molecule has 0 atom stereocenters. The second-order valence-corrected chi connectivity index (χ2v) is 5.99. The van der Waals surface area contributed by atoms with Gasteiger partial charge in [-0.25, -0.2) is 9.97 Å². The van der Waals surface area contributed by atoms with Crippen LogP contribution in [0.4, 0.5) is 0 Å². The molecule has 0 N–H and O–H groups in total. The number of para-hydroxylation sites is 4. The average molecular weight is 329 g/mol. The maximum atomic E-state index is 4.67. The lowest BCUT2D eigenvalue weighted by molar-refractivity contribution is 0.723. The maximum Gasteiger partial charge on any atom is 0.232 e. The first-order chi connectivity index (χ1) is 12.2. The molecule has 7 nitrogen and oxygen atoms in total. The molecule has 7 heteroatoms. The van der Waals surface area contributed by atoms with Gasteiger partial charge in [0, 0.05) is 14.1 Å². The lowest BCUT2D eigenvalue weighted by Crippen LogP contribution is -2.03. The number of aromatic nitrogens is 7. The van der Waals surface area contributed by atoms with Crippen LogP contribution in [0.5, 0.6) is 0 Å². The molecule has 0 spiro atoms. The van der Waals surface area contributed by atoms with Gasteiger partial charge >= 0.3 is 0 Å². The molecule has 0 radical (unpaired) electrons. The fraction of sp³-hybridized carbons (Fsp3) is 0.111. The normalized spacial score (nSPS) is 11.6. The van der Waals surface area contributed by atoms with E-state index in [1.165, 1.54) is 0 Å². The fourth-order valence-electron chi connectivity index (χ4n) is 3.18. The first kappa shape index (κ1) is 13.9. The van der Waals surface area contributed by atoms with Gasteiger partial charge in [0.1, 0.15) is 5.69 Å². The standard InChI is InChI=1S/C18H15N7/c1-23-15-9-5-3-7-12(15)19-17(23)14-11-25(22-21-14)18-20-13-8-4-6-10-16(13)24(18)2/h3-11H,1-2H3. The fourth-order valence-corrected chi connectivity index (χ4v) is 3.18. The summed E-state index contributed by atoms with van der Waals surface area (Å²) in [6, 6.07) is 16.0. The number of aryl methyl sites for hydroxylation is 2. The quantitative estimate of drug-likeness (QED) is 0.499. The number of nitrogens with zero attached hydrogens (tertiary/aromatic N) is 7. The van der Waals surface area contributed by atoms with Crippen molar-refractivity contribution in [3.8, 4) is 17.5 Å². The SMILES string of the molecule is Cn1c(-c2cn(-c3nc4ccccc4n3C)nn2)nc2ccccc21. The van der Waals surface area contributed by atoms with Gasteiger partial charge in [0.05, 0.1) is 28.3 Å². The molecule has 2 aromatic carbocycles. The summed E-state index contributed by atoms with van der Waals surface area (Å²) < 4.78 is 5.72. The molecule has 0 aliphatic carbocycles. The summed E-state index contributed by atoms with van der Waals surface area (Å²) >= 11 is 0. The minimum atomic E-state index is 0.714. The van der Waals surface area contributed by atoms with E-state index in [0.29, 0.717) is 5.69 Å². The van der Waals surface area contributed by atoms with Crippen molar-refractivity contribution < 1.29 is 0 Å². The summed E-state index contributed by atoms with van der Waals surface area (Å²) in [5.41, 5.74) is 4.70. The molecule has 0 saturated heterocycles. The van der Waals surface area contributed by atoms with E-state index < -0.39 is 0 Å². The van der Waals surface area contributed by atoms with Gasteiger partial charge in [0.2, 0.25) is 5.95 Å². The third-order valence-corrected chi connectivity index (χ3v) is 4.48. The Morgan fingerprint density at radius 1 is 0.760 bits per heavy atom. The molecule has 3 aromatic heterocycles. The highest BCUT2D eigenvalue weighted by molar-refractivity contribution is 5.80. The minimum Gasteiger partial charge on any atom is -0.326 e. The summed E-state index contributed by atoms with van der Waals surface area (Å²) in [5, 5.41) is 8.57. The third kappa shape index (κ3) is 1.99. The summed E-state index contributed by atoms with van der Waals surface area (Å²) in [6.45, 7) is 0. The third-order valence-electron chi connectivity index (χ3n) is 4.48. The first-order valence-corrected chi connectivity index (χ1v) is 7.98. The van der Waals surface area contributed by atoms with Crippen molar-refractivity contribution in [1.29, 1.82) is 0 Å². The molecule has 0 aliphatic rings. The molecule has 25 heavy (non-hydrogen) atoms. The highest BCUT2D eigenvalue weighted by Crippen LogP contribution is 2.23. The van der Waals surface area contributed by atoms with Crippen LogP contribution in [0.15, 0.2) is 54.7 Å². The zero-order chi connectivity index (χ0) is 17.0. The molecule has 5 aromatic rings. The number of imidazole rings is 2. The molecule has 0 unspecified atom stereocenters. The Hall–Kier alpha value is -3.48. The minimum absolute atomic E-state index is 0.714. The van der Waals surface area contributed by atoms with Crippen LogP contribution in [0.3, 0.4) is 0 Å². The van der Waals surface area contributed by atoms with Gasteiger partial charge in [-0.3, -0.25) is 0 Å². The zero-order valence-electron chi connectivity index (χ0n) is 13.8. The van der Waals surface area contributed by atoms with E-state index in [9.17, 15) is 0 Å². The van der Waals surface area contributed by atoms with Crippen molar-refractivity contribution in [3.05, 3.63) is 54.7 Å². The average Bonchev–Trinajstić information content (AvgIpc) is 3.32. The topological polar surface area (TPSA) is 66.3 Å². The van der Waals surface area contributed by atoms with Crippen molar-refractivity contribution in [2.24, 2.45) is 14.1 Å². The summed E-state index contributed by atoms with van der Waals surface area (Å²) in [6.07, 6.45) is 1.86. The van der Waals surface area contributed by atoms with Gasteiger partial charge in [0.25, 0.3) is 0 Å². The van der Waals surface area contributed by atoms with Gasteiger partial charge in [0.15, 0.2) is 5.82 Å². The molecule has 0 saturated carbocycles. The molecule has 0 fully saturated rings. The Balaban J connectivity index is 1.65. The largest absolute Gasteiger partial charge is 0.326 e. The van der Waals surface area contributed by atoms with E-state index in [0.717, 1.165) is 33.8 Å². The van der Waals surface area contributed by atoms with Crippen molar-refractivity contribution in [2.75, 3.05) is 0 Å². The van der Waals surface area contributed by atoms with E-state index >= 15 is 0 Å². The van der Waals surface area contributed by atoms with Gasteiger partial charge in [-0.1, -0.05) is 29.5 Å². The smallest absolute Gasteiger partial charge is 0.232 e. The molecule has 122 valence electrons. The molecule has 5 rings (SSSR count). The summed E-state index contributed by atoms with van der Waals surface area (Å²) in [4.78, 5) is 9.33. The zero-order valence-corrected chi connectivity index (χ0v) is 13.8. The van der Waals surface area contributed by atoms with Crippen LogP contribution in [0.2, 0.25) is 0 Å². The number of rotatable bonds is 2. The summed E-state index contributed by atoms with van der Waals surface area (Å²) in [5.74, 6) is 1.50. The number of hydrogen-bond acceptors (Lipinski definition) is 4. The van der Waals surface area contributed by atoms with Crippen molar-refractivity contribution >= 4 is 22.1 Å². The number of fused-ring (bicyclic) bond motifs is 2. The van der Waals surface area contributed by atoms with E-state index in [4.69, 9.17) is 0 Å². The van der Waals surface area contributed by atoms with E-state index in [1.807, 2.05) is 78.0 Å². The maximum absolute atomic E-state index is 4.67. The molecule has 0 amide bonds. The number of benzene rings is 2. The van der Waals surface area contributed by atoms with Crippen molar-refractivity contribution in [3.63, 3.8) is 0 Å². The van der Waals surface area contributed by atoms with Crippen LogP contribution in [-0.4, -0.2) is 34.1 Å². The van der Waals surface area contributed by atoms with Crippen LogP contribution in [0.1, 0.15) is 0 Å². The Bertz CT molecular complexity index is 1130. The van der Waals surface area contributed by atoms with E-state index in [2.05, 4.69) is 20.3 Å². The second-order valence-electron chi connectivity index (χ2n) is 5.99. The lowest BCUT2D eigenvalue weighted by Gasteiger charge is -2.00. The highest BCUT2D eigenvalue weighted by Gasteiger charge is 2.16. The number of hydrogen-bond donors (Lipinski definition) is 0. The Kier molecular flexibility index (Phi) is 2.79. The van der Waals surface area contributed by atoms with Crippen LogP contribution in [0, 0.1) is 0 Å². The van der Waals surface area contributed by atoms with Crippen LogP contribution >= 0.6 is 0 Å². The predicted octanol–water partition coefficient (Wildman–Crippen LogP) is 2.71. The van der Waals surface area contributed by atoms with E-state index in [1.54, 1.807) is 4.68 Å². The molecule has 0 bridgehead atoms. The van der Waals surface area contributed by atoms with Crippen LogP contribution in [0.25, 0.3) is 39.5 Å². The Morgan fingerprint density at radius 2 is 1.40 bits per heavy atom. The molecular formula is C18H15N7. The molecule has 3 heterocycles. The second kappa shape index (κ2) is 5.01. The van der Waals surface area contributed by atoms with Crippen LogP contribution in [-0.2, 0) is 14.1 Å². The summed E-state index contributed by atoms with van der Waals surface area (Å²) in [7, 11) is 3.96.